The largest absolute Gasteiger partial charge is 0.356 e. The van der Waals surface area contributed by atoms with E-state index in [1.807, 2.05) is 13.0 Å². The molecule has 0 spiro atoms. The zero-order valence-electron chi connectivity index (χ0n) is 11.6. The fourth-order valence-corrected chi connectivity index (χ4v) is 1.58. The molecule has 0 aromatic heterocycles. The molecule has 0 atom stereocenters. The van der Waals surface area contributed by atoms with Crippen LogP contribution in [0.2, 0.25) is 0 Å². The van der Waals surface area contributed by atoms with Crippen LogP contribution in [0.4, 0.5) is 0 Å². The van der Waals surface area contributed by atoms with Gasteiger partial charge in [-0.25, -0.2) is 0 Å². The van der Waals surface area contributed by atoms with Gasteiger partial charge in [0.05, 0.1) is 6.61 Å². The lowest BCUT2D eigenvalue weighted by atomic mass is 10.2. The Bertz CT molecular complexity index is 280. The smallest absolute Gasteiger partial charge is 0.294 e. The van der Waals surface area contributed by atoms with Gasteiger partial charge in [-0.3, -0.25) is 4.79 Å². The third-order valence-corrected chi connectivity index (χ3v) is 2.60. The second-order valence-corrected chi connectivity index (χ2v) is 4.28. The van der Waals surface area contributed by atoms with Crippen molar-refractivity contribution >= 4 is 5.91 Å². The highest BCUT2D eigenvalue weighted by Gasteiger charge is 1.99. The van der Waals surface area contributed by atoms with Gasteiger partial charge in [0.25, 0.3) is 5.09 Å². The average Bonchev–Trinajstić information content (AvgIpc) is 2.37. The summed E-state index contributed by atoms with van der Waals surface area (Å²) in [6, 6.07) is 0. The minimum absolute atomic E-state index is 0.0983. The van der Waals surface area contributed by atoms with Gasteiger partial charge < -0.3 is 10.2 Å². The lowest BCUT2D eigenvalue weighted by Gasteiger charge is -2.04. The van der Waals surface area contributed by atoms with Gasteiger partial charge in [0.2, 0.25) is 5.91 Å². The van der Waals surface area contributed by atoms with Crippen LogP contribution in [0.25, 0.3) is 0 Å². The van der Waals surface area contributed by atoms with E-state index in [0.717, 1.165) is 32.1 Å². The van der Waals surface area contributed by atoms with E-state index in [1.165, 1.54) is 0 Å². The van der Waals surface area contributed by atoms with Crippen LogP contribution in [0.3, 0.4) is 0 Å². The molecule has 6 heteroatoms. The number of carbonyl (C=O) groups excluding carboxylic acids is 1. The normalized spacial score (nSPS) is 10.6. The molecule has 0 aromatic carbocycles. The second-order valence-electron chi connectivity index (χ2n) is 4.28. The average molecular weight is 272 g/mol. The van der Waals surface area contributed by atoms with Gasteiger partial charge in [0, 0.05) is 13.0 Å². The van der Waals surface area contributed by atoms with Crippen LogP contribution in [-0.2, 0) is 9.63 Å². The van der Waals surface area contributed by atoms with Crippen molar-refractivity contribution < 1.29 is 14.7 Å². The van der Waals surface area contributed by atoms with E-state index >= 15 is 0 Å². The third-order valence-electron chi connectivity index (χ3n) is 2.60. The highest BCUT2D eigenvalue weighted by Crippen LogP contribution is 2.00. The van der Waals surface area contributed by atoms with Crippen LogP contribution in [-0.4, -0.2) is 24.1 Å². The van der Waals surface area contributed by atoms with Gasteiger partial charge in [-0.15, -0.1) is 10.1 Å². The van der Waals surface area contributed by atoms with E-state index in [1.54, 1.807) is 0 Å². The van der Waals surface area contributed by atoms with Crippen molar-refractivity contribution in [2.45, 2.75) is 51.9 Å². The van der Waals surface area contributed by atoms with Crippen LogP contribution in [0.5, 0.6) is 0 Å². The first kappa shape index (κ1) is 17.4. The number of nitrogens with one attached hydrogen (secondary N) is 1. The van der Waals surface area contributed by atoms with Crippen molar-refractivity contribution in [3.05, 3.63) is 22.3 Å². The minimum Gasteiger partial charge on any atom is -0.356 e. The molecule has 6 nitrogen and oxygen atoms in total. The van der Waals surface area contributed by atoms with Crippen molar-refractivity contribution in [3.8, 4) is 0 Å². The summed E-state index contributed by atoms with van der Waals surface area (Å²) in [4.78, 5) is 25.5. The van der Waals surface area contributed by atoms with Crippen LogP contribution < -0.4 is 5.32 Å². The first-order valence-electron chi connectivity index (χ1n) is 6.82. The molecular formula is C13H24N2O4. The first-order valence-corrected chi connectivity index (χ1v) is 6.82. The molecule has 0 saturated carbocycles. The number of allylic oxidation sites excluding steroid dienone is 2. The molecule has 0 heterocycles. The standard InChI is InChI=1S/C13H24N2O4/c1-2-3-4-7-10-13(16)14-11-8-5-6-9-12-19-15(17)18/h2-3H,4-12H2,1H3,(H,14,16)/b3-2-. The molecule has 0 aliphatic heterocycles. The monoisotopic (exact) mass is 272 g/mol. The molecule has 19 heavy (non-hydrogen) atoms. The van der Waals surface area contributed by atoms with E-state index in [9.17, 15) is 14.9 Å². The summed E-state index contributed by atoms with van der Waals surface area (Å²) in [6.45, 7) is 2.81. The molecule has 0 saturated heterocycles. The predicted molar refractivity (Wildman–Crippen MR) is 73.1 cm³/mol. The van der Waals surface area contributed by atoms with Crippen molar-refractivity contribution in [1.29, 1.82) is 0 Å². The Balaban J connectivity index is 3.20. The summed E-state index contributed by atoms with van der Waals surface area (Å²) >= 11 is 0. The van der Waals surface area contributed by atoms with Gasteiger partial charge in [-0.05, 0) is 32.6 Å². The molecule has 1 N–H and O–H groups in total. The molecule has 110 valence electrons. The Morgan fingerprint density at radius 2 is 2.00 bits per heavy atom. The SMILES string of the molecule is C/C=C\CCCC(=O)NCCCCCCO[N+](=O)[O-]. The van der Waals surface area contributed by atoms with Gasteiger partial charge in [-0.2, -0.15) is 0 Å². The summed E-state index contributed by atoms with van der Waals surface area (Å²) in [5.74, 6) is 0.0983. The van der Waals surface area contributed by atoms with Crippen LogP contribution in [0, 0.1) is 10.1 Å². The predicted octanol–water partition coefficient (Wildman–Crippen LogP) is 2.62. The summed E-state index contributed by atoms with van der Waals surface area (Å²) in [5.41, 5.74) is 0. The summed E-state index contributed by atoms with van der Waals surface area (Å²) in [6.07, 6.45) is 9.85. The minimum atomic E-state index is -0.770. The molecule has 0 rings (SSSR count). The van der Waals surface area contributed by atoms with Crippen LogP contribution in [0.15, 0.2) is 12.2 Å². The number of rotatable bonds is 12. The van der Waals surface area contributed by atoms with Gasteiger partial charge >= 0.3 is 0 Å². The Hall–Kier alpha value is -1.59. The number of amides is 1. The molecule has 0 fully saturated rings. The highest BCUT2D eigenvalue weighted by atomic mass is 16.9. The maximum Gasteiger partial charge on any atom is 0.294 e. The Kier molecular flexibility index (Phi) is 11.8. The number of nitrogens with zero attached hydrogens (tertiary/aromatic N) is 1. The molecule has 0 aromatic rings. The fourth-order valence-electron chi connectivity index (χ4n) is 1.58. The van der Waals surface area contributed by atoms with Gasteiger partial charge in [0.1, 0.15) is 0 Å². The van der Waals surface area contributed by atoms with Crippen molar-refractivity contribution in [2.24, 2.45) is 0 Å². The first-order chi connectivity index (χ1) is 9.16. The summed E-state index contributed by atoms with van der Waals surface area (Å²) in [5, 5.41) is 12.0. The maximum atomic E-state index is 11.4. The Labute approximate surface area is 114 Å². The van der Waals surface area contributed by atoms with E-state index in [2.05, 4.69) is 16.2 Å². The van der Waals surface area contributed by atoms with Crippen LogP contribution >= 0.6 is 0 Å². The third kappa shape index (κ3) is 14.3. The van der Waals surface area contributed by atoms with Crippen molar-refractivity contribution in [3.63, 3.8) is 0 Å². The zero-order valence-corrected chi connectivity index (χ0v) is 11.6. The summed E-state index contributed by atoms with van der Waals surface area (Å²) in [7, 11) is 0. The lowest BCUT2D eigenvalue weighted by Crippen LogP contribution is -2.23. The molecule has 0 bridgehead atoms. The molecule has 0 aliphatic rings. The Morgan fingerprint density at radius 1 is 1.26 bits per heavy atom. The van der Waals surface area contributed by atoms with E-state index in [4.69, 9.17) is 0 Å². The highest BCUT2D eigenvalue weighted by molar-refractivity contribution is 5.75. The number of hydrogen-bond acceptors (Lipinski definition) is 4. The van der Waals surface area contributed by atoms with Crippen molar-refractivity contribution in [2.75, 3.05) is 13.2 Å². The quantitative estimate of drug-likeness (QED) is 0.256. The van der Waals surface area contributed by atoms with E-state index in [0.29, 0.717) is 19.4 Å². The molecule has 1 amide bonds. The van der Waals surface area contributed by atoms with E-state index in [-0.39, 0.29) is 12.5 Å². The summed E-state index contributed by atoms with van der Waals surface area (Å²) < 4.78 is 0. The molecule has 0 aliphatic carbocycles. The van der Waals surface area contributed by atoms with Gasteiger partial charge in [-0.1, -0.05) is 25.0 Å². The molecule has 0 unspecified atom stereocenters. The second kappa shape index (κ2) is 12.9. The van der Waals surface area contributed by atoms with Gasteiger partial charge in [0.15, 0.2) is 0 Å². The number of carbonyl (C=O) groups is 1. The molecule has 0 radical (unpaired) electrons. The Morgan fingerprint density at radius 3 is 2.68 bits per heavy atom. The lowest BCUT2D eigenvalue weighted by molar-refractivity contribution is -0.757. The number of hydrogen-bond donors (Lipinski definition) is 1. The fraction of sp³-hybridized carbons (Fsp3) is 0.769. The zero-order chi connectivity index (χ0) is 14.3. The number of unbranched alkanes of at least 4 members (excludes halogenated alkanes) is 4. The maximum absolute atomic E-state index is 11.4. The topological polar surface area (TPSA) is 81.5 Å². The molecular weight excluding hydrogens is 248 g/mol. The van der Waals surface area contributed by atoms with Crippen molar-refractivity contribution in [1.82, 2.24) is 5.32 Å². The van der Waals surface area contributed by atoms with E-state index < -0.39 is 5.09 Å². The van der Waals surface area contributed by atoms with Crippen LogP contribution in [0.1, 0.15) is 51.9 Å².